The Morgan fingerprint density at radius 3 is 2.08 bits per heavy atom. The summed E-state index contributed by atoms with van der Waals surface area (Å²) in [5.41, 5.74) is 2.17. The van der Waals surface area contributed by atoms with E-state index in [0.717, 1.165) is 5.56 Å². The summed E-state index contributed by atoms with van der Waals surface area (Å²) in [4.78, 5) is 18.0. The second kappa shape index (κ2) is 10.6. The normalized spacial score (nSPS) is 14.3. The molecule has 0 aliphatic carbocycles. The summed E-state index contributed by atoms with van der Waals surface area (Å²) in [6.07, 6.45) is 3.13. The van der Waals surface area contributed by atoms with Gasteiger partial charge in [0, 0.05) is 5.56 Å². The zero-order chi connectivity index (χ0) is 25.7. The van der Waals surface area contributed by atoms with Gasteiger partial charge in [0.25, 0.3) is 5.91 Å². The maximum absolute atomic E-state index is 13.4. The van der Waals surface area contributed by atoms with Crippen molar-refractivity contribution in [2.24, 2.45) is 10.1 Å². The van der Waals surface area contributed by atoms with Gasteiger partial charge in [0.2, 0.25) is 5.75 Å². The molecule has 3 aromatic carbocycles. The largest absolute Gasteiger partial charge is 0.504 e. The van der Waals surface area contributed by atoms with Crippen LogP contribution in [0.1, 0.15) is 16.7 Å². The Bertz CT molecular complexity index is 1340. The Hall–Kier alpha value is -4.79. The lowest BCUT2D eigenvalue weighted by Gasteiger charge is -2.13. The van der Waals surface area contributed by atoms with E-state index in [1.807, 2.05) is 30.3 Å². The zero-order valence-electron chi connectivity index (χ0n) is 20.3. The number of rotatable bonds is 8. The van der Waals surface area contributed by atoms with Crippen LogP contribution in [0.2, 0.25) is 0 Å². The maximum Gasteiger partial charge on any atom is 0.298 e. The highest BCUT2D eigenvalue weighted by molar-refractivity contribution is 6.19. The Morgan fingerprint density at radius 1 is 0.833 bits per heavy atom. The lowest BCUT2D eigenvalue weighted by atomic mass is 10.1. The van der Waals surface area contributed by atoms with Crippen LogP contribution in [0.4, 0.5) is 0 Å². The molecule has 1 aliphatic heterocycles. The molecular weight excluding hydrogens is 462 g/mol. The predicted octanol–water partition coefficient (Wildman–Crippen LogP) is 4.09. The average molecular weight is 488 g/mol. The van der Waals surface area contributed by atoms with Crippen LogP contribution in [0.15, 0.2) is 76.5 Å². The van der Waals surface area contributed by atoms with Gasteiger partial charge in [0.05, 0.1) is 34.7 Å². The first-order chi connectivity index (χ1) is 17.5. The van der Waals surface area contributed by atoms with Crippen molar-refractivity contribution in [1.82, 2.24) is 5.01 Å². The number of hydrazone groups is 1. The summed E-state index contributed by atoms with van der Waals surface area (Å²) >= 11 is 0. The monoisotopic (exact) mass is 487 g/mol. The molecule has 36 heavy (non-hydrogen) atoms. The summed E-state index contributed by atoms with van der Waals surface area (Å²) in [5, 5.41) is 15.5. The first-order valence-electron chi connectivity index (χ1n) is 10.9. The van der Waals surface area contributed by atoms with E-state index in [1.165, 1.54) is 45.7 Å². The number of ether oxygens (including phenoxy) is 4. The van der Waals surface area contributed by atoms with Crippen LogP contribution in [-0.4, -0.2) is 56.5 Å². The lowest BCUT2D eigenvalue weighted by Crippen LogP contribution is -2.27. The third kappa shape index (κ3) is 4.85. The van der Waals surface area contributed by atoms with Crippen molar-refractivity contribution in [2.75, 3.05) is 28.4 Å². The molecule has 0 spiro atoms. The number of amides is 1. The lowest BCUT2D eigenvalue weighted by molar-refractivity contribution is -0.122. The van der Waals surface area contributed by atoms with E-state index in [-0.39, 0.29) is 11.4 Å². The van der Waals surface area contributed by atoms with Crippen molar-refractivity contribution in [2.45, 2.75) is 0 Å². The van der Waals surface area contributed by atoms with Crippen LogP contribution in [0.25, 0.3) is 6.08 Å². The van der Waals surface area contributed by atoms with Gasteiger partial charge in [0.1, 0.15) is 5.70 Å². The number of hydrogen-bond donors (Lipinski definition) is 1. The number of nitrogens with zero attached hydrogens (tertiary/aromatic N) is 3. The highest BCUT2D eigenvalue weighted by atomic mass is 16.5. The SMILES string of the molecule is COc1cc(/C=N/N2C(=O)C(=Cc3cc(OC)c(OC)c(OC)c3)N=C2c2ccccc2)ccc1O. The van der Waals surface area contributed by atoms with Crippen molar-refractivity contribution in [3.8, 4) is 28.7 Å². The minimum atomic E-state index is -0.412. The minimum absolute atomic E-state index is 0.00834. The molecule has 0 radical (unpaired) electrons. The Balaban J connectivity index is 1.75. The number of carbonyl (C=O) groups is 1. The van der Waals surface area contributed by atoms with Crippen LogP contribution < -0.4 is 18.9 Å². The first-order valence-corrected chi connectivity index (χ1v) is 10.9. The van der Waals surface area contributed by atoms with E-state index in [1.54, 1.807) is 30.3 Å². The molecule has 1 aliphatic rings. The highest BCUT2D eigenvalue weighted by Gasteiger charge is 2.31. The van der Waals surface area contributed by atoms with E-state index >= 15 is 0 Å². The van der Waals surface area contributed by atoms with Gasteiger partial charge in [-0.25, -0.2) is 4.99 Å². The molecule has 0 unspecified atom stereocenters. The number of phenolic OH excluding ortho intramolecular Hbond substituents is 1. The number of phenols is 1. The molecule has 0 aromatic heterocycles. The molecule has 3 aromatic rings. The van der Waals surface area contributed by atoms with Crippen molar-refractivity contribution in [3.05, 3.63) is 83.1 Å². The minimum Gasteiger partial charge on any atom is -0.504 e. The van der Waals surface area contributed by atoms with Gasteiger partial charge >= 0.3 is 0 Å². The second-order valence-electron chi connectivity index (χ2n) is 7.58. The van der Waals surface area contributed by atoms with Crippen LogP contribution in [0, 0.1) is 0 Å². The maximum atomic E-state index is 13.4. The summed E-state index contributed by atoms with van der Waals surface area (Å²) in [6, 6.07) is 17.5. The van der Waals surface area contributed by atoms with Gasteiger partial charge < -0.3 is 24.1 Å². The number of benzene rings is 3. The van der Waals surface area contributed by atoms with E-state index in [9.17, 15) is 9.90 Å². The number of hydrogen-bond acceptors (Lipinski definition) is 8. The third-order valence-electron chi connectivity index (χ3n) is 5.39. The van der Waals surface area contributed by atoms with Crippen molar-refractivity contribution < 1.29 is 28.8 Å². The molecule has 184 valence electrons. The third-order valence-corrected chi connectivity index (χ3v) is 5.39. The molecule has 0 saturated carbocycles. The summed E-state index contributed by atoms with van der Waals surface area (Å²) in [7, 11) is 6.03. The average Bonchev–Trinajstić information content (AvgIpc) is 3.22. The fourth-order valence-corrected chi connectivity index (χ4v) is 3.63. The molecule has 0 fully saturated rings. The molecule has 9 nitrogen and oxygen atoms in total. The molecule has 1 amide bonds. The molecule has 1 N–H and O–H groups in total. The fourth-order valence-electron chi connectivity index (χ4n) is 3.63. The van der Waals surface area contributed by atoms with Crippen molar-refractivity contribution >= 4 is 24.0 Å². The molecule has 0 bridgehead atoms. The van der Waals surface area contributed by atoms with Gasteiger partial charge in [-0.1, -0.05) is 30.3 Å². The summed E-state index contributed by atoms with van der Waals surface area (Å²) in [5.74, 6) is 1.63. The Kier molecular flexibility index (Phi) is 7.20. The number of carbonyl (C=O) groups excluding carboxylic acids is 1. The number of aliphatic imine (C=N–C) groups is 1. The number of methoxy groups -OCH3 is 4. The van der Waals surface area contributed by atoms with E-state index < -0.39 is 5.91 Å². The van der Waals surface area contributed by atoms with E-state index in [4.69, 9.17) is 18.9 Å². The number of amidine groups is 1. The molecular formula is C27H25N3O6. The van der Waals surface area contributed by atoms with E-state index in [0.29, 0.717) is 40.0 Å². The van der Waals surface area contributed by atoms with Crippen LogP contribution >= 0.6 is 0 Å². The topological polar surface area (TPSA) is 102 Å². The van der Waals surface area contributed by atoms with Gasteiger partial charge in [-0.15, -0.1) is 0 Å². The van der Waals surface area contributed by atoms with Gasteiger partial charge in [-0.2, -0.15) is 10.1 Å². The predicted molar refractivity (Wildman–Crippen MR) is 136 cm³/mol. The second-order valence-corrected chi connectivity index (χ2v) is 7.58. The number of aromatic hydroxyl groups is 1. The standard InChI is InChI=1S/C27H25N3O6/c1-33-22-13-17(10-11-21(22)31)16-28-30-26(19-8-6-5-7-9-19)29-20(27(30)32)12-18-14-23(34-2)25(36-4)24(15-18)35-3/h5-16,31H,1-4H3/b20-12?,28-16+. The summed E-state index contributed by atoms with van der Waals surface area (Å²) in [6.45, 7) is 0. The highest BCUT2D eigenvalue weighted by Crippen LogP contribution is 2.39. The van der Waals surface area contributed by atoms with E-state index in [2.05, 4.69) is 10.1 Å². The van der Waals surface area contributed by atoms with Gasteiger partial charge in [-0.05, 0) is 47.5 Å². The van der Waals surface area contributed by atoms with Crippen molar-refractivity contribution in [3.63, 3.8) is 0 Å². The van der Waals surface area contributed by atoms with Crippen LogP contribution in [-0.2, 0) is 4.79 Å². The molecule has 1 heterocycles. The quantitative estimate of drug-likeness (QED) is 0.379. The Morgan fingerprint density at radius 2 is 1.47 bits per heavy atom. The molecule has 9 heteroatoms. The molecule has 0 atom stereocenters. The van der Waals surface area contributed by atoms with Crippen LogP contribution in [0.3, 0.4) is 0 Å². The smallest absolute Gasteiger partial charge is 0.298 e. The van der Waals surface area contributed by atoms with Crippen LogP contribution in [0.5, 0.6) is 28.7 Å². The zero-order valence-corrected chi connectivity index (χ0v) is 20.3. The fraction of sp³-hybridized carbons (Fsp3) is 0.148. The molecule has 4 rings (SSSR count). The Labute approximate surface area is 208 Å². The first kappa shape index (κ1) is 24.3. The molecule has 0 saturated heterocycles. The van der Waals surface area contributed by atoms with Gasteiger partial charge in [0.15, 0.2) is 28.8 Å². The van der Waals surface area contributed by atoms with Gasteiger partial charge in [-0.3, -0.25) is 4.79 Å². The van der Waals surface area contributed by atoms with Crippen molar-refractivity contribution in [1.29, 1.82) is 0 Å². The summed E-state index contributed by atoms with van der Waals surface area (Å²) < 4.78 is 21.4.